The number of rotatable bonds is 4. The highest BCUT2D eigenvalue weighted by atomic mass is 16.6. The molecule has 0 saturated carbocycles. The van der Waals surface area contributed by atoms with E-state index < -0.39 is 35.7 Å². The molecule has 1 N–H and O–H groups in total. The van der Waals surface area contributed by atoms with Crippen molar-refractivity contribution in [3.63, 3.8) is 0 Å². The number of esters is 1. The number of carbonyl (C=O) groups is 1. The van der Waals surface area contributed by atoms with E-state index in [1.54, 1.807) is 6.92 Å². The molecular weight excluding hydrogens is 280 g/mol. The maximum atomic E-state index is 11.9. The number of hydrogen-bond acceptors (Lipinski definition) is 6. The molecule has 2 heterocycles. The molecule has 1 aliphatic rings. The summed E-state index contributed by atoms with van der Waals surface area (Å²) in [6.45, 7) is 3.15. The van der Waals surface area contributed by atoms with E-state index in [9.17, 15) is 14.4 Å². The standard InChI is InChI=1S/C13H18N2O6/c1-7-5-15(13(18)14-12(7)17)11-4-9(20-8(2)16)10(21-11)6-19-3/h5,9-11H,4,6H2,1-3H3,(H,14,17,18)/t9-,10+,11+/m0/s1. The summed E-state index contributed by atoms with van der Waals surface area (Å²) in [5.74, 6) is -0.421. The number of hydrogen-bond donors (Lipinski definition) is 1. The van der Waals surface area contributed by atoms with Gasteiger partial charge in [-0.05, 0) is 6.92 Å². The van der Waals surface area contributed by atoms with Gasteiger partial charge in [0.15, 0.2) is 0 Å². The van der Waals surface area contributed by atoms with Gasteiger partial charge in [0.05, 0.1) is 6.61 Å². The summed E-state index contributed by atoms with van der Waals surface area (Å²) in [6.07, 6.45) is 0.192. The van der Waals surface area contributed by atoms with Crippen LogP contribution in [-0.4, -0.2) is 41.4 Å². The topological polar surface area (TPSA) is 99.6 Å². The lowest BCUT2D eigenvalue weighted by Gasteiger charge is -2.17. The fourth-order valence-electron chi connectivity index (χ4n) is 2.32. The first-order valence-corrected chi connectivity index (χ1v) is 6.56. The third-order valence-electron chi connectivity index (χ3n) is 3.28. The van der Waals surface area contributed by atoms with Crippen molar-refractivity contribution in [2.45, 2.75) is 38.7 Å². The molecule has 116 valence electrons. The predicted octanol–water partition coefficient (Wildman–Crippen LogP) is -0.289. The number of nitrogens with zero attached hydrogens (tertiary/aromatic N) is 1. The molecule has 0 radical (unpaired) electrons. The monoisotopic (exact) mass is 298 g/mol. The first-order valence-electron chi connectivity index (χ1n) is 6.56. The molecule has 3 atom stereocenters. The maximum absolute atomic E-state index is 11.9. The van der Waals surface area contributed by atoms with Crippen LogP contribution in [0, 0.1) is 6.92 Å². The van der Waals surface area contributed by atoms with E-state index in [0.717, 1.165) is 0 Å². The summed E-state index contributed by atoms with van der Waals surface area (Å²) < 4.78 is 17.2. The Morgan fingerprint density at radius 2 is 2.24 bits per heavy atom. The van der Waals surface area contributed by atoms with Gasteiger partial charge < -0.3 is 14.2 Å². The first-order chi connectivity index (χ1) is 9.92. The van der Waals surface area contributed by atoms with Gasteiger partial charge in [0.2, 0.25) is 0 Å². The smallest absolute Gasteiger partial charge is 0.330 e. The molecule has 21 heavy (non-hydrogen) atoms. The summed E-state index contributed by atoms with van der Waals surface area (Å²) in [6, 6.07) is 0. The van der Waals surface area contributed by atoms with Gasteiger partial charge >= 0.3 is 11.7 Å². The average molecular weight is 298 g/mol. The van der Waals surface area contributed by atoms with Gasteiger partial charge in [-0.2, -0.15) is 0 Å². The predicted molar refractivity (Wildman–Crippen MR) is 72.0 cm³/mol. The summed E-state index contributed by atoms with van der Waals surface area (Å²) in [7, 11) is 1.51. The Morgan fingerprint density at radius 1 is 1.52 bits per heavy atom. The second kappa shape index (κ2) is 6.23. The first kappa shape index (κ1) is 15.5. The highest BCUT2D eigenvalue weighted by molar-refractivity contribution is 5.66. The van der Waals surface area contributed by atoms with Crippen molar-refractivity contribution in [2.24, 2.45) is 0 Å². The fraction of sp³-hybridized carbons (Fsp3) is 0.615. The molecule has 8 nitrogen and oxygen atoms in total. The third-order valence-corrected chi connectivity index (χ3v) is 3.28. The molecule has 8 heteroatoms. The Labute approximate surface area is 120 Å². The number of methoxy groups -OCH3 is 1. The van der Waals surface area contributed by atoms with Crippen LogP contribution in [0.5, 0.6) is 0 Å². The van der Waals surface area contributed by atoms with Crippen molar-refractivity contribution in [3.05, 3.63) is 32.6 Å². The van der Waals surface area contributed by atoms with E-state index in [0.29, 0.717) is 12.0 Å². The van der Waals surface area contributed by atoms with Crippen molar-refractivity contribution < 1.29 is 19.0 Å². The van der Waals surface area contributed by atoms with Crippen LogP contribution in [0.1, 0.15) is 25.1 Å². The summed E-state index contributed by atoms with van der Waals surface area (Å²) >= 11 is 0. The van der Waals surface area contributed by atoms with E-state index in [2.05, 4.69) is 4.98 Å². The zero-order chi connectivity index (χ0) is 15.6. The fourth-order valence-corrected chi connectivity index (χ4v) is 2.32. The Bertz CT molecular complexity index is 634. The van der Waals surface area contributed by atoms with Gasteiger partial charge in [-0.1, -0.05) is 0 Å². The molecule has 0 aliphatic carbocycles. The number of carbonyl (C=O) groups excluding carboxylic acids is 1. The van der Waals surface area contributed by atoms with Crippen molar-refractivity contribution in [1.29, 1.82) is 0 Å². The number of H-pyrrole nitrogens is 1. The molecular formula is C13H18N2O6. The van der Waals surface area contributed by atoms with Crippen molar-refractivity contribution in [2.75, 3.05) is 13.7 Å². The van der Waals surface area contributed by atoms with Crippen LogP contribution in [0.25, 0.3) is 0 Å². The molecule has 2 rings (SSSR count). The zero-order valence-electron chi connectivity index (χ0n) is 12.1. The summed E-state index contributed by atoms with van der Waals surface area (Å²) in [5, 5.41) is 0. The molecule has 0 amide bonds. The Balaban J connectivity index is 2.26. The summed E-state index contributed by atoms with van der Waals surface area (Å²) in [5.41, 5.74) is -0.591. The zero-order valence-corrected chi connectivity index (χ0v) is 12.1. The van der Waals surface area contributed by atoms with Crippen LogP contribution < -0.4 is 11.2 Å². The van der Waals surface area contributed by atoms with Gasteiger partial charge in [-0.25, -0.2) is 4.79 Å². The lowest BCUT2D eigenvalue weighted by atomic mass is 10.2. The molecule has 1 aliphatic heterocycles. The minimum atomic E-state index is -0.613. The lowest BCUT2D eigenvalue weighted by molar-refractivity contribution is -0.150. The van der Waals surface area contributed by atoms with Crippen LogP contribution in [0.3, 0.4) is 0 Å². The Hall–Kier alpha value is -1.93. The molecule has 1 saturated heterocycles. The Kier molecular flexibility index (Phi) is 4.59. The second-order valence-electron chi connectivity index (χ2n) is 4.95. The normalized spacial score (nSPS) is 25.0. The van der Waals surface area contributed by atoms with Gasteiger partial charge in [0.25, 0.3) is 5.56 Å². The van der Waals surface area contributed by atoms with Crippen LogP contribution in [0.2, 0.25) is 0 Å². The molecule has 1 aromatic heterocycles. The minimum Gasteiger partial charge on any atom is -0.460 e. The largest absolute Gasteiger partial charge is 0.460 e. The highest BCUT2D eigenvalue weighted by Crippen LogP contribution is 2.30. The third kappa shape index (κ3) is 3.40. The molecule has 0 aromatic carbocycles. The van der Waals surface area contributed by atoms with E-state index in [1.807, 2.05) is 0 Å². The molecule has 1 fully saturated rings. The van der Waals surface area contributed by atoms with Gasteiger partial charge in [0.1, 0.15) is 18.4 Å². The van der Waals surface area contributed by atoms with Crippen molar-refractivity contribution in [3.8, 4) is 0 Å². The highest BCUT2D eigenvalue weighted by Gasteiger charge is 2.38. The van der Waals surface area contributed by atoms with E-state index >= 15 is 0 Å². The van der Waals surface area contributed by atoms with Crippen molar-refractivity contribution in [1.82, 2.24) is 9.55 Å². The SMILES string of the molecule is COC[C@H]1O[C@@H](n2cc(C)c(=O)[nH]c2=O)C[C@@H]1OC(C)=O. The van der Waals surface area contributed by atoms with Crippen LogP contribution >= 0.6 is 0 Å². The van der Waals surface area contributed by atoms with Crippen LogP contribution in [-0.2, 0) is 19.0 Å². The van der Waals surface area contributed by atoms with E-state index in [1.165, 1.54) is 24.8 Å². The number of nitrogens with one attached hydrogen (secondary N) is 1. The van der Waals surface area contributed by atoms with E-state index in [4.69, 9.17) is 14.2 Å². The molecule has 1 aromatic rings. The minimum absolute atomic E-state index is 0.242. The number of aromatic nitrogens is 2. The van der Waals surface area contributed by atoms with Gasteiger partial charge in [-0.15, -0.1) is 0 Å². The van der Waals surface area contributed by atoms with Crippen LogP contribution in [0.15, 0.2) is 15.8 Å². The summed E-state index contributed by atoms with van der Waals surface area (Å²) in [4.78, 5) is 36.6. The number of ether oxygens (including phenoxy) is 3. The molecule has 0 bridgehead atoms. The van der Waals surface area contributed by atoms with Gasteiger partial charge in [-0.3, -0.25) is 19.1 Å². The maximum Gasteiger partial charge on any atom is 0.330 e. The Morgan fingerprint density at radius 3 is 2.86 bits per heavy atom. The molecule has 0 unspecified atom stereocenters. The average Bonchev–Trinajstić information content (AvgIpc) is 2.76. The second-order valence-corrected chi connectivity index (χ2v) is 4.95. The van der Waals surface area contributed by atoms with Crippen molar-refractivity contribution >= 4 is 5.97 Å². The quantitative estimate of drug-likeness (QED) is 0.767. The van der Waals surface area contributed by atoms with Gasteiger partial charge in [0, 0.05) is 32.2 Å². The molecule has 0 spiro atoms. The van der Waals surface area contributed by atoms with Crippen LogP contribution in [0.4, 0.5) is 0 Å². The number of aromatic amines is 1. The lowest BCUT2D eigenvalue weighted by Crippen LogP contribution is -2.33. The number of aryl methyl sites for hydroxylation is 1. The van der Waals surface area contributed by atoms with E-state index in [-0.39, 0.29) is 6.61 Å².